The van der Waals surface area contributed by atoms with Crippen molar-refractivity contribution in [2.75, 3.05) is 13.1 Å². The molecule has 0 bridgehead atoms. The van der Waals surface area contributed by atoms with Crippen LogP contribution in [0, 0.1) is 13.8 Å². The van der Waals surface area contributed by atoms with Gasteiger partial charge >= 0.3 is 0 Å². The average molecular weight is 358 g/mol. The first-order chi connectivity index (χ1) is 12.7. The summed E-state index contributed by atoms with van der Waals surface area (Å²) in [5, 5.41) is 11.4. The van der Waals surface area contributed by atoms with Gasteiger partial charge < -0.3 is 15.2 Å². The van der Waals surface area contributed by atoms with Crippen LogP contribution in [0.2, 0.25) is 0 Å². The summed E-state index contributed by atoms with van der Waals surface area (Å²) >= 11 is 0. The van der Waals surface area contributed by atoms with Crippen molar-refractivity contribution in [1.29, 1.82) is 0 Å². The summed E-state index contributed by atoms with van der Waals surface area (Å²) in [6.45, 7) is 9.62. The third-order valence-electron chi connectivity index (χ3n) is 4.65. The van der Waals surface area contributed by atoms with E-state index in [2.05, 4.69) is 37.2 Å². The molecule has 0 radical (unpaired) electrons. The number of guanidine groups is 1. The predicted octanol–water partition coefficient (Wildman–Crippen LogP) is 1.44. The van der Waals surface area contributed by atoms with E-state index in [1.807, 2.05) is 30.9 Å². The summed E-state index contributed by atoms with van der Waals surface area (Å²) in [5.74, 6) is 3.92. The van der Waals surface area contributed by atoms with E-state index in [1.165, 1.54) is 0 Å². The van der Waals surface area contributed by atoms with E-state index >= 15 is 0 Å². The Labute approximate surface area is 155 Å². The summed E-state index contributed by atoms with van der Waals surface area (Å²) in [6, 6.07) is 0.343. The molecule has 2 aromatic heterocycles. The monoisotopic (exact) mass is 358 g/mol. The quantitative estimate of drug-likeness (QED) is 0.444. The SMILES string of the molecule is CCNC(=NCCCCn1ccnc1C)NC1CCc2nc(C)nn2C1. The van der Waals surface area contributed by atoms with Gasteiger partial charge in [-0.2, -0.15) is 5.10 Å². The van der Waals surface area contributed by atoms with E-state index in [1.54, 1.807) is 0 Å². The van der Waals surface area contributed by atoms with Gasteiger partial charge in [0.15, 0.2) is 5.96 Å². The van der Waals surface area contributed by atoms with Crippen LogP contribution in [-0.2, 0) is 19.5 Å². The second-order valence-electron chi connectivity index (χ2n) is 6.77. The van der Waals surface area contributed by atoms with Gasteiger partial charge in [0.25, 0.3) is 0 Å². The molecule has 1 atom stereocenters. The second kappa shape index (κ2) is 8.82. The van der Waals surface area contributed by atoms with Gasteiger partial charge in [-0.15, -0.1) is 0 Å². The fraction of sp³-hybridized carbons (Fsp3) is 0.667. The summed E-state index contributed by atoms with van der Waals surface area (Å²) in [4.78, 5) is 13.5. The Hall–Kier alpha value is -2.38. The van der Waals surface area contributed by atoms with Crippen LogP contribution < -0.4 is 10.6 Å². The zero-order valence-electron chi connectivity index (χ0n) is 16.1. The maximum atomic E-state index is 4.73. The number of rotatable bonds is 7. The summed E-state index contributed by atoms with van der Waals surface area (Å²) < 4.78 is 4.21. The van der Waals surface area contributed by atoms with Crippen LogP contribution in [0.25, 0.3) is 0 Å². The number of hydrogen-bond acceptors (Lipinski definition) is 4. The van der Waals surface area contributed by atoms with Crippen molar-refractivity contribution >= 4 is 5.96 Å². The number of aryl methyl sites for hydroxylation is 4. The minimum Gasteiger partial charge on any atom is -0.357 e. The van der Waals surface area contributed by atoms with Gasteiger partial charge in [-0.1, -0.05) is 0 Å². The summed E-state index contributed by atoms with van der Waals surface area (Å²) in [7, 11) is 0. The lowest BCUT2D eigenvalue weighted by atomic mass is 10.1. The summed E-state index contributed by atoms with van der Waals surface area (Å²) in [5.41, 5.74) is 0. The topological polar surface area (TPSA) is 84.9 Å². The molecule has 3 heterocycles. The molecule has 142 valence electrons. The number of fused-ring (bicyclic) bond motifs is 1. The number of hydrogen-bond donors (Lipinski definition) is 2. The molecule has 2 aromatic rings. The Kier molecular flexibility index (Phi) is 6.25. The van der Waals surface area contributed by atoms with Crippen LogP contribution in [-0.4, -0.2) is 49.4 Å². The Balaban J connectivity index is 1.46. The molecule has 8 heteroatoms. The van der Waals surface area contributed by atoms with Crippen molar-refractivity contribution in [3.63, 3.8) is 0 Å². The minimum absolute atomic E-state index is 0.343. The lowest BCUT2D eigenvalue weighted by molar-refractivity contribution is 0.392. The molecule has 0 saturated carbocycles. The van der Waals surface area contributed by atoms with Gasteiger partial charge in [0.2, 0.25) is 0 Å². The standard InChI is InChI=1S/C18H30N8/c1-4-19-18(21-9-5-6-11-25-12-10-20-15(25)3)23-16-7-8-17-22-14(2)24-26(17)13-16/h10,12,16H,4-9,11,13H2,1-3H3,(H2,19,21,23). The molecule has 0 fully saturated rings. The first kappa shape index (κ1) is 18.4. The first-order valence-electron chi connectivity index (χ1n) is 9.58. The third kappa shape index (κ3) is 4.83. The molecule has 0 saturated heterocycles. The van der Waals surface area contributed by atoms with E-state index in [-0.39, 0.29) is 0 Å². The molecular weight excluding hydrogens is 328 g/mol. The molecule has 0 aromatic carbocycles. The molecule has 2 N–H and O–H groups in total. The van der Waals surface area contributed by atoms with Gasteiger partial charge in [0, 0.05) is 44.5 Å². The molecule has 0 amide bonds. The van der Waals surface area contributed by atoms with Crippen molar-refractivity contribution in [2.24, 2.45) is 4.99 Å². The Morgan fingerprint density at radius 2 is 2.23 bits per heavy atom. The highest BCUT2D eigenvalue weighted by Crippen LogP contribution is 2.12. The number of aliphatic imine (C=N–C) groups is 1. The van der Waals surface area contributed by atoms with E-state index < -0.39 is 0 Å². The smallest absolute Gasteiger partial charge is 0.191 e. The molecular formula is C18H30N8. The molecule has 8 nitrogen and oxygen atoms in total. The fourth-order valence-electron chi connectivity index (χ4n) is 3.29. The molecule has 1 unspecified atom stereocenters. The zero-order chi connectivity index (χ0) is 18.4. The molecule has 1 aliphatic heterocycles. The highest BCUT2D eigenvalue weighted by atomic mass is 15.4. The lowest BCUT2D eigenvalue weighted by Gasteiger charge is -2.25. The Morgan fingerprint density at radius 3 is 3.00 bits per heavy atom. The van der Waals surface area contributed by atoms with Gasteiger partial charge in [0.05, 0.1) is 6.54 Å². The zero-order valence-corrected chi connectivity index (χ0v) is 16.1. The molecule has 3 rings (SSSR count). The molecule has 0 aliphatic carbocycles. The van der Waals surface area contributed by atoms with Crippen LogP contribution in [0.15, 0.2) is 17.4 Å². The number of nitrogens with zero attached hydrogens (tertiary/aromatic N) is 6. The molecule has 26 heavy (non-hydrogen) atoms. The van der Waals surface area contributed by atoms with Crippen LogP contribution in [0.4, 0.5) is 0 Å². The van der Waals surface area contributed by atoms with Crippen molar-refractivity contribution in [3.05, 3.63) is 29.9 Å². The van der Waals surface area contributed by atoms with E-state index in [4.69, 9.17) is 4.99 Å². The number of aromatic nitrogens is 5. The van der Waals surface area contributed by atoms with E-state index in [9.17, 15) is 0 Å². The lowest BCUT2D eigenvalue weighted by Crippen LogP contribution is -2.47. The first-order valence-corrected chi connectivity index (χ1v) is 9.58. The highest BCUT2D eigenvalue weighted by Gasteiger charge is 2.21. The van der Waals surface area contributed by atoms with Crippen LogP contribution >= 0.6 is 0 Å². The Morgan fingerprint density at radius 1 is 1.35 bits per heavy atom. The largest absolute Gasteiger partial charge is 0.357 e. The van der Waals surface area contributed by atoms with Crippen molar-refractivity contribution in [2.45, 2.75) is 65.6 Å². The second-order valence-corrected chi connectivity index (χ2v) is 6.77. The van der Waals surface area contributed by atoms with Gasteiger partial charge in [-0.05, 0) is 40.0 Å². The van der Waals surface area contributed by atoms with Crippen molar-refractivity contribution < 1.29 is 0 Å². The predicted molar refractivity (Wildman–Crippen MR) is 102 cm³/mol. The number of nitrogens with one attached hydrogen (secondary N) is 2. The minimum atomic E-state index is 0.343. The average Bonchev–Trinajstić information content (AvgIpc) is 3.18. The summed E-state index contributed by atoms with van der Waals surface area (Å²) in [6.07, 6.45) is 8.07. The third-order valence-corrected chi connectivity index (χ3v) is 4.65. The maximum absolute atomic E-state index is 4.73. The van der Waals surface area contributed by atoms with E-state index in [0.29, 0.717) is 6.04 Å². The maximum Gasteiger partial charge on any atom is 0.191 e. The van der Waals surface area contributed by atoms with Gasteiger partial charge in [-0.3, -0.25) is 4.99 Å². The van der Waals surface area contributed by atoms with E-state index in [0.717, 1.165) is 75.3 Å². The number of unbranched alkanes of at least 4 members (excludes halogenated alkanes) is 1. The van der Waals surface area contributed by atoms with Crippen LogP contribution in [0.3, 0.4) is 0 Å². The van der Waals surface area contributed by atoms with Crippen molar-refractivity contribution in [1.82, 2.24) is 34.9 Å². The van der Waals surface area contributed by atoms with Crippen LogP contribution in [0.5, 0.6) is 0 Å². The van der Waals surface area contributed by atoms with Crippen LogP contribution in [0.1, 0.15) is 43.7 Å². The van der Waals surface area contributed by atoms with Crippen molar-refractivity contribution in [3.8, 4) is 0 Å². The highest BCUT2D eigenvalue weighted by molar-refractivity contribution is 5.80. The van der Waals surface area contributed by atoms with Gasteiger partial charge in [0.1, 0.15) is 17.5 Å². The molecule has 0 spiro atoms. The normalized spacial score (nSPS) is 17.2. The fourth-order valence-corrected chi connectivity index (χ4v) is 3.29. The number of imidazole rings is 1. The Bertz CT molecular complexity index is 729. The molecule has 1 aliphatic rings. The van der Waals surface area contributed by atoms with Gasteiger partial charge in [-0.25, -0.2) is 14.6 Å².